The van der Waals surface area contributed by atoms with Crippen LogP contribution in [0.25, 0.3) is 0 Å². The molecule has 1 saturated heterocycles. The molecule has 1 N–H and O–H groups in total. The van der Waals surface area contributed by atoms with Crippen LogP contribution in [0.3, 0.4) is 0 Å². The van der Waals surface area contributed by atoms with E-state index in [9.17, 15) is 14.9 Å². The molecule has 2 rings (SSSR count). The van der Waals surface area contributed by atoms with Gasteiger partial charge in [-0.1, -0.05) is 12.1 Å². The summed E-state index contributed by atoms with van der Waals surface area (Å²) in [4.78, 5) is 24.1. The molecule has 0 aliphatic carbocycles. The van der Waals surface area contributed by atoms with Crippen LogP contribution in [0.2, 0.25) is 0 Å². The number of hydrogen-bond donors (Lipinski definition) is 1. The van der Waals surface area contributed by atoms with Gasteiger partial charge in [0.15, 0.2) is 0 Å². The molecule has 0 atom stereocenters. The predicted octanol–water partition coefficient (Wildman–Crippen LogP) is 2.02. The number of anilines is 1. The molecule has 1 aromatic carbocycles. The van der Waals surface area contributed by atoms with E-state index in [0.717, 1.165) is 25.9 Å². The van der Waals surface area contributed by atoms with Crippen molar-refractivity contribution in [1.29, 1.82) is 0 Å². The molecule has 19 heavy (non-hydrogen) atoms. The summed E-state index contributed by atoms with van der Waals surface area (Å²) in [6, 6.07) is 6.35. The third kappa shape index (κ3) is 3.43. The Bertz CT molecular complexity index is 470. The molecule has 1 aromatic rings. The van der Waals surface area contributed by atoms with Crippen LogP contribution in [0, 0.1) is 10.1 Å². The number of likely N-dealkylation sites (tertiary alicyclic amines) is 1. The topological polar surface area (TPSA) is 75.5 Å². The Morgan fingerprint density at radius 1 is 1.26 bits per heavy atom. The van der Waals surface area contributed by atoms with Gasteiger partial charge >= 0.3 is 0 Å². The van der Waals surface area contributed by atoms with E-state index in [-0.39, 0.29) is 18.1 Å². The number of carbonyl (C=O) groups is 1. The first-order valence-electron chi connectivity index (χ1n) is 6.43. The number of benzene rings is 1. The van der Waals surface area contributed by atoms with Crippen LogP contribution >= 0.6 is 0 Å². The minimum Gasteiger partial charge on any atom is -0.371 e. The van der Waals surface area contributed by atoms with Crippen molar-refractivity contribution in [2.45, 2.75) is 19.3 Å². The van der Waals surface area contributed by atoms with E-state index in [4.69, 9.17) is 0 Å². The Morgan fingerprint density at radius 2 is 1.95 bits per heavy atom. The average molecular weight is 263 g/mol. The van der Waals surface area contributed by atoms with Gasteiger partial charge in [-0.2, -0.15) is 0 Å². The van der Waals surface area contributed by atoms with Crippen LogP contribution in [-0.4, -0.2) is 35.4 Å². The van der Waals surface area contributed by atoms with Gasteiger partial charge < -0.3 is 10.2 Å². The van der Waals surface area contributed by atoms with Gasteiger partial charge in [0, 0.05) is 19.2 Å². The van der Waals surface area contributed by atoms with Crippen molar-refractivity contribution >= 4 is 17.3 Å². The molecule has 6 nitrogen and oxygen atoms in total. The molecule has 6 heteroatoms. The number of nitrogens with zero attached hydrogens (tertiary/aromatic N) is 2. The second-order valence-corrected chi connectivity index (χ2v) is 4.57. The van der Waals surface area contributed by atoms with E-state index < -0.39 is 4.92 Å². The van der Waals surface area contributed by atoms with Crippen LogP contribution in [0.5, 0.6) is 0 Å². The maximum Gasteiger partial charge on any atom is 0.292 e. The molecule has 1 heterocycles. The molecule has 0 saturated carbocycles. The monoisotopic (exact) mass is 263 g/mol. The molecule has 1 amide bonds. The molecule has 1 aliphatic heterocycles. The van der Waals surface area contributed by atoms with E-state index in [1.807, 2.05) is 4.90 Å². The molecule has 0 spiro atoms. The molecule has 0 radical (unpaired) electrons. The number of nitrogens with one attached hydrogen (secondary N) is 1. The summed E-state index contributed by atoms with van der Waals surface area (Å²) in [5.41, 5.74) is 0.381. The Balaban J connectivity index is 1.94. The standard InChI is InChI=1S/C13H17N3O3/c17-13(15-8-4-1-5-9-15)10-14-11-6-2-3-7-12(11)16(18)19/h2-3,6-7,14H,1,4-5,8-10H2. The van der Waals surface area contributed by atoms with E-state index >= 15 is 0 Å². The van der Waals surface area contributed by atoms with Crippen molar-refractivity contribution in [2.24, 2.45) is 0 Å². The zero-order valence-corrected chi connectivity index (χ0v) is 10.7. The molecular weight excluding hydrogens is 246 g/mol. The highest BCUT2D eigenvalue weighted by Gasteiger charge is 2.18. The summed E-state index contributed by atoms with van der Waals surface area (Å²) >= 11 is 0. The van der Waals surface area contributed by atoms with E-state index in [1.54, 1.807) is 18.2 Å². The van der Waals surface area contributed by atoms with Gasteiger partial charge in [0.05, 0.1) is 11.5 Å². The number of hydrogen-bond acceptors (Lipinski definition) is 4. The van der Waals surface area contributed by atoms with Crippen LogP contribution in [0.4, 0.5) is 11.4 Å². The highest BCUT2D eigenvalue weighted by Crippen LogP contribution is 2.22. The third-order valence-corrected chi connectivity index (χ3v) is 3.24. The largest absolute Gasteiger partial charge is 0.371 e. The van der Waals surface area contributed by atoms with Gasteiger partial charge in [-0.3, -0.25) is 14.9 Å². The summed E-state index contributed by atoms with van der Waals surface area (Å²) in [5, 5.41) is 13.7. The number of para-hydroxylation sites is 2. The summed E-state index contributed by atoms with van der Waals surface area (Å²) < 4.78 is 0. The van der Waals surface area contributed by atoms with Crippen LogP contribution < -0.4 is 5.32 Å². The number of nitro groups is 1. The van der Waals surface area contributed by atoms with E-state index in [0.29, 0.717) is 5.69 Å². The smallest absolute Gasteiger partial charge is 0.292 e. The quantitative estimate of drug-likeness (QED) is 0.666. The normalized spacial score (nSPS) is 15.1. The third-order valence-electron chi connectivity index (χ3n) is 3.24. The maximum atomic E-state index is 11.9. The molecule has 0 bridgehead atoms. The lowest BCUT2D eigenvalue weighted by atomic mass is 10.1. The summed E-state index contributed by atoms with van der Waals surface area (Å²) in [7, 11) is 0. The van der Waals surface area contributed by atoms with Gasteiger partial charge in [-0.15, -0.1) is 0 Å². The fraction of sp³-hybridized carbons (Fsp3) is 0.462. The summed E-state index contributed by atoms with van der Waals surface area (Å²) in [6.07, 6.45) is 3.25. The van der Waals surface area contributed by atoms with Crippen LogP contribution in [0.1, 0.15) is 19.3 Å². The fourth-order valence-corrected chi connectivity index (χ4v) is 2.21. The van der Waals surface area contributed by atoms with Crippen molar-refractivity contribution in [3.05, 3.63) is 34.4 Å². The first-order chi connectivity index (χ1) is 9.18. The molecule has 1 aliphatic rings. The number of carbonyl (C=O) groups excluding carboxylic acids is 1. The first-order valence-corrected chi connectivity index (χ1v) is 6.43. The number of amides is 1. The lowest BCUT2D eigenvalue weighted by molar-refractivity contribution is -0.383. The second-order valence-electron chi connectivity index (χ2n) is 4.57. The summed E-state index contributed by atoms with van der Waals surface area (Å²) in [6.45, 7) is 1.68. The van der Waals surface area contributed by atoms with Gasteiger partial charge in [0.2, 0.25) is 5.91 Å². The van der Waals surface area contributed by atoms with E-state index in [1.165, 1.54) is 12.5 Å². The average Bonchev–Trinajstić information content (AvgIpc) is 2.46. The van der Waals surface area contributed by atoms with Gasteiger partial charge in [0.25, 0.3) is 5.69 Å². The highest BCUT2D eigenvalue weighted by molar-refractivity contribution is 5.81. The Labute approximate surface area is 111 Å². The minimum absolute atomic E-state index is 0.00199. The minimum atomic E-state index is -0.451. The first kappa shape index (κ1) is 13.3. The highest BCUT2D eigenvalue weighted by atomic mass is 16.6. The fourth-order valence-electron chi connectivity index (χ4n) is 2.21. The maximum absolute atomic E-state index is 11.9. The number of piperidine rings is 1. The SMILES string of the molecule is O=C(CNc1ccccc1[N+](=O)[O-])N1CCCCC1. The van der Waals surface area contributed by atoms with Crippen LogP contribution in [0.15, 0.2) is 24.3 Å². The zero-order valence-electron chi connectivity index (χ0n) is 10.7. The van der Waals surface area contributed by atoms with Crippen molar-refractivity contribution in [2.75, 3.05) is 25.0 Å². The second kappa shape index (κ2) is 6.17. The Morgan fingerprint density at radius 3 is 2.63 bits per heavy atom. The Kier molecular flexibility index (Phi) is 4.33. The number of nitro benzene ring substituents is 1. The number of rotatable bonds is 4. The molecule has 102 valence electrons. The lowest BCUT2D eigenvalue weighted by Gasteiger charge is -2.26. The van der Waals surface area contributed by atoms with E-state index in [2.05, 4.69) is 5.32 Å². The summed E-state index contributed by atoms with van der Waals surface area (Å²) in [5.74, 6) is -0.00199. The molecular formula is C13H17N3O3. The van der Waals surface area contributed by atoms with Gasteiger partial charge in [0.1, 0.15) is 5.69 Å². The van der Waals surface area contributed by atoms with Crippen molar-refractivity contribution in [3.63, 3.8) is 0 Å². The predicted molar refractivity (Wildman–Crippen MR) is 72.0 cm³/mol. The van der Waals surface area contributed by atoms with Crippen molar-refractivity contribution in [3.8, 4) is 0 Å². The van der Waals surface area contributed by atoms with Crippen LogP contribution in [-0.2, 0) is 4.79 Å². The van der Waals surface area contributed by atoms with Crippen molar-refractivity contribution in [1.82, 2.24) is 4.90 Å². The Hall–Kier alpha value is -2.11. The molecule has 1 fully saturated rings. The molecule has 0 unspecified atom stereocenters. The van der Waals surface area contributed by atoms with Gasteiger partial charge in [-0.25, -0.2) is 0 Å². The van der Waals surface area contributed by atoms with Gasteiger partial charge in [-0.05, 0) is 25.3 Å². The van der Waals surface area contributed by atoms with Crippen molar-refractivity contribution < 1.29 is 9.72 Å². The molecule has 0 aromatic heterocycles. The lowest BCUT2D eigenvalue weighted by Crippen LogP contribution is -2.39. The zero-order chi connectivity index (χ0) is 13.7.